The molecule has 1 aliphatic heterocycles. The van der Waals surface area contributed by atoms with Crippen LogP contribution in [0.5, 0.6) is 0 Å². The largest absolute Gasteiger partial charge is 0.326 e. The molecule has 2 aromatic rings. The summed E-state index contributed by atoms with van der Waals surface area (Å²) in [7, 11) is -3.58. The monoisotopic (exact) mass is 434 g/mol. The maximum Gasteiger partial charge on any atom is 0.243 e. The Labute approximate surface area is 176 Å². The fourth-order valence-electron chi connectivity index (χ4n) is 3.36. The van der Waals surface area contributed by atoms with E-state index in [2.05, 4.69) is 5.32 Å². The molecule has 1 amide bonds. The number of ketones is 1. The highest BCUT2D eigenvalue weighted by atomic mass is 32.2. The fourth-order valence-corrected chi connectivity index (χ4v) is 5.96. The van der Waals surface area contributed by atoms with E-state index in [-0.39, 0.29) is 29.4 Å². The Morgan fingerprint density at radius 1 is 1.03 bits per heavy atom. The molecule has 0 aliphatic carbocycles. The third-order valence-corrected chi connectivity index (χ3v) is 8.08. The second kappa shape index (κ2) is 9.19. The summed E-state index contributed by atoms with van der Waals surface area (Å²) in [6, 6.07) is 8.56. The molecule has 1 N–H and O–H groups in total. The van der Waals surface area contributed by atoms with Gasteiger partial charge in [-0.25, -0.2) is 8.42 Å². The van der Waals surface area contributed by atoms with E-state index >= 15 is 0 Å². The van der Waals surface area contributed by atoms with Crippen LogP contribution in [0.2, 0.25) is 0 Å². The third kappa shape index (κ3) is 5.32. The molecule has 3 rings (SSSR count). The number of piperidine rings is 1. The molecule has 1 aliphatic rings. The van der Waals surface area contributed by atoms with Gasteiger partial charge in [-0.2, -0.15) is 4.31 Å². The number of aryl methyl sites for hydroxylation is 2. The van der Waals surface area contributed by atoms with Gasteiger partial charge < -0.3 is 5.32 Å². The SMILES string of the molecule is Cc1ccc(C(=O)CCC(=O)Nc2ccc(C)c(S(=O)(=O)N3CCCCC3)c2)s1. The summed E-state index contributed by atoms with van der Waals surface area (Å²) in [5, 5.41) is 2.73. The minimum Gasteiger partial charge on any atom is -0.326 e. The van der Waals surface area contributed by atoms with Gasteiger partial charge in [0.15, 0.2) is 5.78 Å². The molecule has 0 unspecified atom stereocenters. The topological polar surface area (TPSA) is 83.5 Å². The standard InChI is InChI=1S/C21H26N2O4S2/c1-15-6-8-17(14-20(15)29(26,27)23-12-4-3-5-13-23)22-21(25)11-9-18(24)19-10-7-16(2)28-19/h6-8,10,14H,3-5,9,11-13H2,1-2H3,(H,22,25). The lowest BCUT2D eigenvalue weighted by atomic mass is 10.1. The molecule has 29 heavy (non-hydrogen) atoms. The highest BCUT2D eigenvalue weighted by Gasteiger charge is 2.27. The number of rotatable bonds is 7. The molecule has 0 radical (unpaired) electrons. The van der Waals surface area contributed by atoms with Crippen molar-refractivity contribution in [3.8, 4) is 0 Å². The zero-order valence-corrected chi connectivity index (χ0v) is 18.4. The molecule has 1 aromatic heterocycles. The molecular formula is C21H26N2O4S2. The number of hydrogen-bond donors (Lipinski definition) is 1. The number of sulfonamides is 1. The van der Waals surface area contributed by atoms with E-state index in [1.54, 1.807) is 25.1 Å². The van der Waals surface area contributed by atoms with Crippen LogP contribution < -0.4 is 5.32 Å². The summed E-state index contributed by atoms with van der Waals surface area (Å²) in [5.41, 5.74) is 1.08. The van der Waals surface area contributed by atoms with Gasteiger partial charge in [0.2, 0.25) is 15.9 Å². The molecule has 6 nitrogen and oxygen atoms in total. The van der Waals surface area contributed by atoms with Crippen LogP contribution >= 0.6 is 11.3 Å². The van der Waals surface area contributed by atoms with E-state index in [0.717, 1.165) is 24.1 Å². The van der Waals surface area contributed by atoms with Crippen molar-refractivity contribution in [1.82, 2.24) is 4.31 Å². The number of nitrogens with one attached hydrogen (secondary N) is 1. The Kier molecular flexibility index (Phi) is 6.87. The highest BCUT2D eigenvalue weighted by molar-refractivity contribution is 7.89. The molecule has 0 atom stereocenters. The van der Waals surface area contributed by atoms with Crippen LogP contribution in [0.1, 0.15) is 52.2 Å². The third-order valence-electron chi connectivity index (χ3n) is 5.00. The maximum atomic E-state index is 13.0. The summed E-state index contributed by atoms with van der Waals surface area (Å²) >= 11 is 1.42. The summed E-state index contributed by atoms with van der Waals surface area (Å²) in [4.78, 5) is 26.4. The van der Waals surface area contributed by atoms with E-state index in [9.17, 15) is 18.0 Å². The molecular weight excluding hydrogens is 408 g/mol. The van der Waals surface area contributed by atoms with E-state index in [4.69, 9.17) is 0 Å². The second-order valence-electron chi connectivity index (χ2n) is 7.33. The molecule has 0 spiro atoms. The molecule has 0 saturated carbocycles. The van der Waals surface area contributed by atoms with Gasteiger partial charge >= 0.3 is 0 Å². The Hall–Kier alpha value is -2.03. The van der Waals surface area contributed by atoms with Gasteiger partial charge in [0, 0.05) is 36.5 Å². The molecule has 0 bridgehead atoms. The van der Waals surface area contributed by atoms with Crippen LogP contribution in [0.3, 0.4) is 0 Å². The van der Waals surface area contributed by atoms with Crippen molar-refractivity contribution < 1.29 is 18.0 Å². The van der Waals surface area contributed by atoms with Gasteiger partial charge in [-0.3, -0.25) is 9.59 Å². The van der Waals surface area contributed by atoms with Crippen LogP contribution in [0, 0.1) is 13.8 Å². The summed E-state index contributed by atoms with van der Waals surface area (Å²) in [6.07, 6.45) is 2.96. The van der Waals surface area contributed by atoms with Crippen molar-refractivity contribution in [3.05, 3.63) is 45.6 Å². The number of carbonyl (C=O) groups is 2. The first-order chi connectivity index (χ1) is 13.8. The van der Waals surface area contributed by atoms with Crippen LogP contribution in [-0.2, 0) is 14.8 Å². The minimum absolute atomic E-state index is 0.0534. The first-order valence-corrected chi connectivity index (χ1v) is 12.0. The zero-order chi connectivity index (χ0) is 21.0. The van der Waals surface area contributed by atoms with E-state index in [1.807, 2.05) is 13.0 Å². The minimum atomic E-state index is -3.58. The average Bonchev–Trinajstić information content (AvgIpc) is 3.14. The van der Waals surface area contributed by atoms with Gasteiger partial charge in [0.25, 0.3) is 0 Å². The van der Waals surface area contributed by atoms with Crippen LogP contribution in [0.15, 0.2) is 35.2 Å². The lowest BCUT2D eigenvalue weighted by molar-refractivity contribution is -0.116. The van der Waals surface area contributed by atoms with Crippen molar-refractivity contribution in [3.63, 3.8) is 0 Å². The second-order valence-corrected chi connectivity index (χ2v) is 10.5. The predicted molar refractivity (Wildman–Crippen MR) is 115 cm³/mol. The average molecular weight is 435 g/mol. The smallest absolute Gasteiger partial charge is 0.243 e. The number of nitrogens with zero attached hydrogens (tertiary/aromatic N) is 1. The van der Waals surface area contributed by atoms with E-state index in [1.165, 1.54) is 21.7 Å². The van der Waals surface area contributed by atoms with Crippen molar-refractivity contribution in [2.75, 3.05) is 18.4 Å². The van der Waals surface area contributed by atoms with Gasteiger partial charge in [0.1, 0.15) is 0 Å². The van der Waals surface area contributed by atoms with Crippen LogP contribution in [0.25, 0.3) is 0 Å². The van der Waals surface area contributed by atoms with Crippen LogP contribution in [0.4, 0.5) is 5.69 Å². The number of Topliss-reactive ketones (excluding diaryl/α,β-unsaturated/α-hetero) is 1. The van der Waals surface area contributed by atoms with Gasteiger partial charge in [-0.1, -0.05) is 12.5 Å². The summed E-state index contributed by atoms with van der Waals surface area (Å²) in [6.45, 7) is 4.75. The number of hydrogen-bond acceptors (Lipinski definition) is 5. The fraction of sp³-hybridized carbons (Fsp3) is 0.429. The van der Waals surface area contributed by atoms with E-state index in [0.29, 0.717) is 29.2 Å². The number of benzene rings is 1. The number of thiophene rings is 1. The van der Waals surface area contributed by atoms with Crippen molar-refractivity contribution in [2.45, 2.75) is 50.8 Å². The Morgan fingerprint density at radius 2 is 1.76 bits per heavy atom. The Balaban J connectivity index is 1.66. The first kappa shape index (κ1) is 21.7. The van der Waals surface area contributed by atoms with Gasteiger partial charge in [-0.05, 0) is 56.5 Å². The summed E-state index contributed by atoms with van der Waals surface area (Å²) < 4.78 is 27.5. The Morgan fingerprint density at radius 3 is 2.41 bits per heavy atom. The highest BCUT2D eigenvalue weighted by Crippen LogP contribution is 2.26. The van der Waals surface area contributed by atoms with Gasteiger partial charge in [0.05, 0.1) is 9.77 Å². The molecule has 8 heteroatoms. The van der Waals surface area contributed by atoms with E-state index < -0.39 is 10.0 Å². The number of carbonyl (C=O) groups excluding carboxylic acids is 2. The quantitative estimate of drug-likeness (QED) is 0.664. The van der Waals surface area contributed by atoms with Crippen molar-refractivity contribution in [2.24, 2.45) is 0 Å². The zero-order valence-electron chi connectivity index (χ0n) is 16.7. The molecule has 1 fully saturated rings. The molecule has 1 saturated heterocycles. The number of amides is 1. The molecule has 1 aromatic carbocycles. The lowest BCUT2D eigenvalue weighted by Crippen LogP contribution is -2.36. The molecule has 2 heterocycles. The normalized spacial score (nSPS) is 15.2. The summed E-state index contributed by atoms with van der Waals surface area (Å²) in [5.74, 6) is -0.368. The first-order valence-electron chi connectivity index (χ1n) is 9.77. The number of anilines is 1. The van der Waals surface area contributed by atoms with Gasteiger partial charge in [-0.15, -0.1) is 11.3 Å². The van der Waals surface area contributed by atoms with Crippen LogP contribution in [-0.4, -0.2) is 37.5 Å². The van der Waals surface area contributed by atoms with Crippen molar-refractivity contribution in [1.29, 1.82) is 0 Å². The predicted octanol–water partition coefficient (Wildman–Crippen LogP) is 4.14. The van der Waals surface area contributed by atoms with Crippen molar-refractivity contribution >= 4 is 38.7 Å². The Bertz CT molecular complexity index is 1010. The molecule has 156 valence electrons. The lowest BCUT2D eigenvalue weighted by Gasteiger charge is -2.26. The maximum absolute atomic E-state index is 13.0.